The maximum absolute atomic E-state index is 12.4. The van der Waals surface area contributed by atoms with Crippen LogP contribution in [0.25, 0.3) is 0 Å². The molecule has 108 valence electrons. The van der Waals surface area contributed by atoms with E-state index in [1.54, 1.807) is 4.90 Å². The van der Waals surface area contributed by atoms with E-state index in [4.69, 9.17) is 11.6 Å². The van der Waals surface area contributed by atoms with Gasteiger partial charge in [0.15, 0.2) is 0 Å². The highest BCUT2D eigenvalue weighted by molar-refractivity contribution is 6.29. The number of aromatic nitrogens is 1. The van der Waals surface area contributed by atoms with Gasteiger partial charge in [-0.2, -0.15) is 0 Å². The zero-order valence-electron chi connectivity index (χ0n) is 11.0. The van der Waals surface area contributed by atoms with Crippen LogP contribution in [-0.4, -0.2) is 46.9 Å². The van der Waals surface area contributed by atoms with Gasteiger partial charge in [0, 0.05) is 19.1 Å². The highest BCUT2D eigenvalue weighted by atomic mass is 35.5. The molecule has 1 aromatic heterocycles. The monoisotopic (exact) mass is 298 g/mol. The van der Waals surface area contributed by atoms with Gasteiger partial charge in [-0.25, -0.2) is 4.98 Å². The third-order valence-corrected chi connectivity index (χ3v) is 3.60. The van der Waals surface area contributed by atoms with Crippen molar-refractivity contribution in [2.75, 3.05) is 20.1 Å². The number of nitrogens with zero attached hydrogens (tertiary/aromatic N) is 3. The number of nitro groups is 1. The molecule has 2 heterocycles. The van der Waals surface area contributed by atoms with E-state index >= 15 is 0 Å². The Morgan fingerprint density at radius 3 is 3.05 bits per heavy atom. The largest absolute Gasteiger partial charge is 0.337 e. The zero-order chi connectivity index (χ0) is 14.7. The lowest BCUT2D eigenvalue weighted by Crippen LogP contribution is -2.47. The first-order valence-electron chi connectivity index (χ1n) is 6.29. The molecular formula is C12H15ClN4O3. The summed E-state index contributed by atoms with van der Waals surface area (Å²) in [5.74, 6) is -0.374. The van der Waals surface area contributed by atoms with Crippen molar-refractivity contribution in [3.8, 4) is 0 Å². The molecule has 1 unspecified atom stereocenters. The molecule has 2 rings (SSSR count). The number of hydrogen-bond donors (Lipinski definition) is 1. The van der Waals surface area contributed by atoms with Crippen molar-refractivity contribution in [3.63, 3.8) is 0 Å². The average Bonchev–Trinajstić information content (AvgIpc) is 2.46. The van der Waals surface area contributed by atoms with E-state index in [2.05, 4.69) is 10.3 Å². The molecule has 0 spiro atoms. The molecule has 1 fully saturated rings. The molecule has 1 N–H and O–H groups in total. The van der Waals surface area contributed by atoms with Gasteiger partial charge < -0.3 is 10.2 Å². The first kappa shape index (κ1) is 14.7. The Morgan fingerprint density at radius 1 is 1.65 bits per heavy atom. The Labute approximate surface area is 121 Å². The predicted octanol–water partition coefficient (Wildman–Crippen LogP) is 1.47. The number of halogens is 1. The minimum absolute atomic E-state index is 0.00764. The van der Waals surface area contributed by atoms with E-state index in [-0.39, 0.29) is 28.4 Å². The second-order valence-electron chi connectivity index (χ2n) is 4.66. The number of carbonyl (C=O) groups is 1. The van der Waals surface area contributed by atoms with Crippen molar-refractivity contribution in [2.24, 2.45) is 0 Å². The fourth-order valence-electron chi connectivity index (χ4n) is 2.31. The van der Waals surface area contributed by atoms with Gasteiger partial charge >= 0.3 is 0 Å². The fraction of sp³-hybridized carbons (Fsp3) is 0.500. The lowest BCUT2D eigenvalue weighted by Gasteiger charge is -2.32. The van der Waals surface area contributed by atoms with E-state index in [0.29, 0.717) is 13.1 Å². The van der Waals surface area contributed by atoms with Crippen LogP contribution in [0.3, 0.4) is 0 Å². The summed E-state index contributed by atoms with van der Waals surface area (Å²) in [7, 11) is 1.84. The van der Waals surface area contributed by atoms with Crippen molar-refractivity contribution >= 4 is 23.2 Å². The van der Waals surface area contributed by atoms with E-state index in [9.17, 15) is 14.9 Å². The zero-order valence-corrected chi connectivity index (χ0v) is 11.8. The van der Waals surface area contributed by atoms with Crippen LogP contribution >= 0.6 is 11.6 Å². The highest BCUT2D eigenvalue weighted by Gasteiger charge is 2.29. The molecule has 0 bridgehead atoms. The number of amides is 1. The van der Waals surface area contributed by atoms with Crippen LogP contribution in [0.1, 0.15) is 23.2 Å². The van der Waals surface area contributed by atoms with Crippen molar-refractivity contribution in [1.82, 2.24) is 15.2 Å². The number of rotatable bonds is 3. The first-order valence-corrected chi connectivity index (χ1v) is 6.67. The highest BCUT2D eigenvalue weighted by Crippen LogP contribution is 2.23. The quantitative estimate of drug-likeness (QED) is 0.518. The molecule has 1 aliphatic rings. The summed E-state index contributed by atoms with van der Waals surface area (Å²) < 4.78 is 0. The number of piperidine rings is 1. The standard InChI is InChI=1S/C12H15ClN4O3/c1-14-8-3-2-4-16(7-8)12(18)9-5-11(13)15-6-10(9)17(19)20/h5-6,8,14H,2-4,7H2,1H3. The molecule has 1 aromatic rings. The summed E-state index contributed by atoms with van der Waals surface area (Å²) in [5, 5.41) is 14.2. The molecule has 1 saturated heterocycles. The van der Waals surface area contributed by atoms with Gasteiger partial charge in [0.1, 0.15) is 16.9 Å². The SMILES string of the molecule is CNC1CCCN(C(=O)c2cc(Cl)ncc2[N+](=O)[O-])C1. The first-order chi connectivity index (χ1) is 9.52. The summed E-state index contributed by atoms with van der Waals surface area (Å²) in [6.45, 7) is 1.13. The molecule has 1 amide bonds. The Balaban J connectivity index is 2.28. The Bertz CT molecular complexity index is 537. The van der Waals surface area contributed by atoms with E-state index in [0.717, 1.165) is 19.0 Å². The second-order valence-corrected chi connectivity index (χ2v) is 5.05. The Morgan fingerprint density at radius 2 is 2.40 bits per heavy atom. The number of hydrogen-bond acceptors (Lipinski definition) is 5. The van der Waals surface area contributed by atoms with Crippen LogP contribution in [0.5, 0.6) is 0 Å². The van der Waals surface area contributed by atoms with Crippen LogP contribution in [0.4, 0.5) is 5.69 Å². The topological polar surface area (TPSA) is 88.4 Å². The van der Waals surface area contributed by atoms with Crippen molar-refractivity contribution in [2.45, 2.75) is 18.9 Å². The van der Waals surface area contributed by atoms with Crippen molar-refractivity contribution in [1.29, 1.82) is 0 Å². The molecule has 20 heavy (non-hydrogen) atoms. The third kappa shape index (κ3) is 3.05. The lowest BCUT2D eigenvalue weighted by molar-refractivity contribution is -0.385. The molecule has 0 aromatic carbocycles. The molecule has 1 atom stereocenters. The molecule has 0 radical (unpaired) electrons. The number of nitrogens with one attached hydrogen (secondary N) is 1. The van der Waals surface area contributed by atoms with Crippen molar-refractivity contribution < 1.29 is 9.72 Å². The number of pyridine rings is 1. The van der Waals surface area contributed by atoms with Crippen LogP contribution < -0.4 is 5.32 Å². The Kier molecular flexibility index (Phi) is 4.51. The summed E-state index contributed by atoms with van der Waals surface area (Å²) in [5.41, 5.74) is -0.322. The summed E-state index contributed by atoms with van der Waals surface area (Å²) >= 11 is 5.74. The van der Waals surface area contributed by atoms with Crippen LogP contribution in [0.15, 0.2) is 12.3 Å². The fourth-order valence-corrected chi connectivity index (χ4v) is 2.46. The van der Waals surface area contributed by atoms with Gasteiger partial charge in [-0.1, -0.05) is 11.6 Å². The van der Waals surface area contributed by atoms with Crippen molar-refractivity contribution in [3.05, 3.63) is 33.1 Å². The van der Waals surface area contributed by atoms with E-state index in [1.807, 2.05) is 7.05 Å². The van der Waals surface area contributed by atoms with Crippen LogP contribution in [0.2, 0.25) is 5.15 Å². The van der Waals surface area contributed by atoms with Crippen LogP contribution in [-0.2, 0) is 0 Å². The van der Waals surface area contributed by atoms with Crippen LogP contribution in [0, 0.1) is 10.1 Å². The molecule has 8 heteroatoms. The molecule has 0 saturated carbocycles. The summed E-state index contributed by atoms with van der Waals surface area (Å²) in [6, 6.07) is 1.47. The smallest absolute Gasteiger partial charge is 0.300 e. The molecular weight excluding hydrogens is 284 g/mol. The van der Waals surface area contributed by atoms with Gasteiger partial charge in [0.05, 0.1) is 4.92 Å². The average molecular weight is 299 g/mol. The number of carbonyl (C=O) groups excluding carboxylic acids is 1. The minimum Gasteiger partial charge on any atom is -0.337 e. The van der Waals surface area contributed by atoms with Gasteiger partial charge in [0.25, 0.3) is 11.6 Å². The van der Waals surface area contributed by atoms with Gasteiger partial charge in [-0.3, -0.25) is 14.9 Å². The maximum Gasteiger partial charge on any atom is 0.300 e. The lowest BCUT2D eigenvalue weighted by atomic mass is 10.0. The summed E-state index contributed by atoms with van der Waals surface area (Å²) in [6.07, 6.45) is 2.87. The normalized spacial score (nSPS) is 18.9. The molecule has 1 aliphatic heterocycles. The minimum atomic E-state index is -0.615. The molecule has 7 nitrogen and oxygen atoms in total. The van der Waals surface area contributed by atoms with E-state index < -0.39 is 4.92 Å². The predicted molar refractivity (Wildman–Crippen MR) is 73.9 cm³/mol. The molecule has 0 aliphatic carbocycles. The number of likely N-dealkylation sites (tertiary alicyclic amines) is 1. The third-order valence-electron chi connectivity index (χ3n) is 3.39. The van der Waals surface area contributed by atoms with Gasteiger partial charge in [-0.15, -0.1) is 0 Å². The van der Waals surface area contributed by atoms with E-state index in [1.165, 1.54) is 6.07 Å². The van der Waals surface area contributed by atoms with Gasteiger partial charge in [-0.05, 0) is 26.0 Å². The van der Waals surface area contributed by atoms with Gasteiger partial charge in [0.2, 0.25) is 0 Å². The summed E-state index contributed by atoms with van der Waals surface area (Å²) in [4.78, 5) is 28.1. The Hall–Kier alpha value is -1.73. The second kappa shape index (κ2) is 6.15. The number of likely N-dealkylation sites (N-methyl/N-ethyl adjacent to an activating group) is 1. The maximum atomic E-state index is 12.4.